The molecule has 1 aliphatic heterocycles. The summed E-state index contributed by atoms with van der Waals surface area (Å²) in [5.41, 5.74) is 1.61. The summed E-state index contributed by atoms with van der Waals surface area (Å²) in [6.45, 7) is 2.02. The lowest BCUT2D eigenvalue weighted by Crippen LogP contribution is -2.35. The number of fused-ring (bicyclic) bond motifs is 1. The fourth-order valence-corrected chi connectivity index (χ4v) is 2.66. The van der Waals surface area contributed by atoms with Gasteiger partial charge in [0.25, 0.3) is 5.91 Å². The number of hydrogen-bond donors (Lipinski definition) is 1. The number of carbonyl (C=O) groups is 2. The minimum atomic E-state index is -0.188. The second-order valence-electron chi connectivity index (χ2n) is 5.66. The van der Waals surface area contributed by atoms with Crippen LogP contribution in [0.4, 0.5) is 0 Å². The van der Waals surface area contributed by atoms with Gasteiger partial charge < -0.3 is 14.8 Å². The van der Waals surface area contributed by atoms with Crippen molar-refractivity contribution in [1.82, 2.24) is 5.32 Å². The number of amides is 1. The van der Waals surface area contributed by atoms with Crippen LogP contribution >= 0.6 is 0 Å². The fraction of sp³-hybridized carbons (Fsp3) is 0.263. The maximum absolute atomic E-state index is 12.1. The van der Waals surface area contributed by atoms with Crippen LogP contribution in [0, 0.1) is 0 Å². The SMILES string of the molecule is CC(=O)c1ccc(OCC(=O)N[C@H]2CCOc3ccccc32)cc1. The number of para-hydroxylation sites is 1. The zero-order valence-corrected chi connectivity index (χ0v) is 13.5. The van der Waals surface area contributed by atoms with Crippen molar-refractivity contribution in [2.75, 3.05) is 13.2 Å². The summed E-state index contributed by atoms with van der Waals surface area (Å²) >= 11 is 0. The summed E-state index contributed by atoms with van der Waals surface area (Å²) in [4.78, 5) is 23.4. The summed E-state index contributed by atoms with van der Waals surface area (Å²) in [7, 11) is 0. The van der Waals surface area contributed by atoms with Gasteiger partial charge in [-0.3, -0.25) is 9.59 Å². The molecule has 2 aromatic carbocycles. The Kier molecular flexibility index (Phi) is 4.79. The molecule has 0 saturated heterocycles. The number of ether oxygens (including phenoxy) is 2. The third-order valence-electron chi connectivity index (χ3n) is 3.92. The van der Waals surface area contributed by atoms with E-state index in [-0.39, 0.29) is 24.3 Å². The van der Waals surface area contributed by atoms with Crippen LogP contribution in [0.15, 0.2) is 48.5 Å². The highest BCUT2D eigenvalue weighted by Gasteiger charge is 2.22. The number of rotatable bonds is 5. The van der Waals surface area contributed by atoms with Crippen molar-refractivity contribution < 1.29 is 19.1 Å². The average Bonchev–Trinajstić information content (AvgIpc) is 2.61. The largest absolute Gasteiger partial charge is 0.493 e. The Bertz CT molecular complexity index is 739. The molecule has 0 aliphatic carbocycles. The lowest BCUT2D eigenvalue weighted by atomic mass is 10.0. The summed E-state index contributed by atoms with van der Waals surface area (Å²) < 4.78 is 11.1. The van der Waals surface area contributed by atoms with Gasteiger partial charge in [0.15, 0.2) is 12.4 Å². The number of carbonyl (C=O) groups excluding carboxylic acids is 2. The Balaban J connectivity index is 1.56. The van der Waals surface area contributed by atoms with Gasteiger partial charge in [0, 0.05) is 17.5 Å². The van der Waals surface area contributed by atoms with Gasteiger partial charge in [-0.15, -0.1) is 0 Å². The number of hydrogen-bond acceptors (Lipinski definition) is 4. The summed E-state index contributed by atoms with van der Waals surface area (Å²) in [5.74, 6) is 1.18. The normalized spacial score (nSPS) is 15.8. The minimum absolute atomic E-state index is 0.00234. The fourth-order valence-electron chi connectivity index (χ4n) is 2.66. The first-order valence-electron chi connectivity index (χ1n) is 7.88. The number of nitrogens with one attached hydrogen (secondary N) is 1. The summed E-state index contributed by atoms with van der Waals surface area (Å²) in [5, 5.41) is 2.98. The molecule has 0 unspecified atom stereocenters. The van der Waals surface area contributed by atoms with E-state index in [1.54, 1.807) is 24.3 Å². The molecule has 0 spiro atoms. The molecule has 1 amide bonds. The van der Waals surface area contributed by atoms with Crippen LogP contribution in [0.3, 0.4) is 0 Å². The molecule has 5 heteroatoms. The van der Waals surface area contributed by atoms with E-state index in [1.807, 2.05) is 24.3 Å². The highest BCUT2D eigenvalue weighted by Crippen LogP contribution is 2.31. The first-order chi connectivity index (χ1) is 11.6. The maximum atomic E-state index is 12.1. The van der Waals surface area contributed by atoms with Crippen molar-refractivity contribution in [2.24, 2.45) is 0 Å². The molecule has 1 atom stereocenters. The zero-order valence-electron chi connectivity index (χ0n) is 13.5. The van der Waals surface area contributed by atoms with Crippen LogP contribution in [-0.4, -0.2) is 24.9 Å². The van der Waals surface area contributed by atoms with Crippen LogP contribution < -0.4 is 14.8 Å². The van der Waals surface area contributed by atoms with E-state index in [0.717, 1.165) is 17.7 Å². The topological polar surface area (TPSA) is 64.6 Å². The van der Waals surface area contributed by atoms with Crippen LogP contribution in [-0.2, 0) is 4.79 Å². The molecule has 24 heavy (non-hydrogen) atoms. The third kappa shape index (κ3) is 3.74. The van der Waals surface area contributed by atoms with E-state index in [2.05, 4.69) is 5.32 Å². The van der Waals surface area contributed by atoms with Gasteiger partial charge >= 0.3 is 0 Å². The molecule has 0 bridgehead atoms. The Morgan fingerprint density at radius 3 is 2.67 bits per heavy atom. The van der Waals surface area contributed by atoms with Gasteiger partial charge in [-0.2, -0.15) is 0 Å². The van der Waals surface area contributed by atoms with Gasteiger partial charge in [0.2, 0.25) is 0 Å². The second kappa shape index (κ2) is 7.17. The smallest absolute Gasteiger partial charge is 0.258 e. The van der Waals surface area contributed by atoms with E-state index in [4.69, 9.17) is 9.47 Å². The summed E-state index contributed by atoms with van der Waals surface area (Å²) in [6, 6.07) is 14.4. The van der Waals surface area contributed by atoms with E-state index in [9.17, 15) is 9.59 Å². The van der Waals surface area contributed by atoms with E-state index >= 15 is 0 Å². The predicted octanol–water partition coefficient (Wildman–Crippen LogP) is 2.91. The maximum Gasteiger partial charge on any atom is 0.258 e. The summed E-state index contributed by atoms with van der Waals surface area (Å²) in [6.07, 6.45) is 0.732. The molecule has 1 N–H and O–H groups in total. The molecule has 3 rings (SSSR count). The predicted molar refractivity (Wildman–Crippen MR) is 89.4 cm³/mol. The average molecular weight is 325 g/mol. The molecule has 0 aromatic heterocycles. The lowest BCUT2D eigenvalue weighted by Gasteiger charge is -2.26. The molecule has 0 radical (unpaired) electrons. The van der Waals surface area contributed by atoms with Gasteiger partial charge in [0.05, 0.1) is 12.6 Å². The van der Waals surface area contributed by atoms with Gasteiger partial charge in [0.1, 0.15) is 11.5 Å². The van der Waals surface area contributed by atoms with E-state index in [1.165, 1.54) is 6.92 Å². The van der Waals surface area contributed by atoms with E-state index in [0.29, 0.717) is 17.9 Å². The van der Waals surface area contributed by atoms with Crippen molar-refractivity contribution >= 4 is 11.7 Å². The van der Waals surface area contributed by atoms with Crippen LogP contribution in [0.1, 0.15) is 35.3 Å². The van der Waals surface area contributed by atoms with Crippen LogP contribution in [0.5, 0.6) is 11.5 Å². The molecule has 1 aliphatic rings. The van der Waals surface area contributed by atoms with Gasteiger partial charge in [-0.25, -0.2) is 0 Å². The van der Waals surface area contributed by atoms with Crippen molar-refractivity contribution in [3.63, 3.8) is 0 Å². The standard InChI is InChI=1S/C19H19NO4/c1-13(21)14-6-8-15(9-7-14)24-12-19(22)20-17-10-11-23-18-5-3-2-4-16(17)18/h2-9,17H,10-12H2,1H3,(H,20,22)/t17-/m0/s1. The Morgan fingerprint density at radius 1 is 1.17 bits per heavy atom. The Labute approximate surface area is 140 Å². The second-order valence-corrected chi connectivity index (χ2v) is 5.66. The van der Waals surface area contributed by atoms with E-state index < -0.39 is 0 Å². The minimum Gasteiger partial charge on any atom is -0.493 e. The monoisotopic (exact) mass is 325 g/mol. The molecule has 0 fully saturated rings. The van der Waals surface area contributed by atoms with Crippen molar-refractivity contribution in [3.05, 3.63) is 59.7 Å². The molecule has 0 saturated carbocycles. The molecule has 5 nitrogen and oxygen atoms in total. The van der Waals surface area contributed by atoms with Crippen molar-refractivity contribution in [3.8, 4) is 11.5 Å². The third-order valence-corrected chi connectivity index (χ3v) is 3.92. The highest BCUT2D eigenvalue weighted by molar-refractivity contribution is 5.94. The number of benzene rings is 2. The Morgan fingerprint density at radius 2 is 1.92 bits per heavy atom. The zero-order chi connectivity index (χ0) is 16.9. The molecule has 1 heterocycles. The lowest BCUT2D eigenvalue weighted by molar-refractivity contribution is -0.124. The first-order valence-corrected chi connectivity index (χ1v) is 7.88. The van der Waals surface area contributed by atoms with Crippen molar-refractivity contribution in [2.45, 2.75) is 19.4 Å². The molecule has 2 aromatic rings. The van der Waals surface area contributed by atoms with Gasteiger partial charge in [-0.05, 0) is 37.3 Å². The molecule has 124 valence electrons. The van der Waals surface area contributed by atoms with Crippen LogP contribution in [0.2, 0.25) is 0 Å². The number of Topliss-reactive ketones (excluding diaryl/α,β-unsaturated/α-hetero) is 1. The molecular formula is C19H19NO4. The first kappa shape index (κ1) is 16.1. The van der Waals surface area contributed by atoms with Crippen molar-refractivity contribution in [1.29, 1.82) is 0 Å². The van der Waals surface area contributed by atoms with Gasteiger partial charge in [-0.1, -0.05) is 18.2 Å². The number of ketones is 1. The Hall–Kier alpha value is -2.82. The quantitative estimate of drug-likeness (QED) is 0.859. The molecular weight excluding hydrogens is 306 g/mol. The highest BCUT2D eigenvalue weighted by atomic mass is 16.5. The van der Waals surface area contributed by atoms with Crippen LogP contribution in [0.25, 0.3) is 0 Å².